The molecule has 3 heterocycles. The van der Waals surface area contributed by atoms with Crippen molar-refractivity contribution < 1.29 is 0 Å². The molecule has 3 heteroatoms. The fourth-order valence-electron chi connectivity index (χ4n) is 8.94. The molecule has 0 aliphatic rings. The summed E-state index contributed by atoms with van der Waals surface area (Å²) in [5, 5.41) is 12.7. The lowest BCUT2D eigenvalue weighted by molar-refractivity contribution is 1.19. The lowest BCUT2D eigenvalue weighted by Gasteiger charge is -2.13. The molecule has 9 aromatic carbocycles. The van der Waals surface area contributed by atoms with Crippen LogP contribution in [0.25, 0.3) is 108 Å². The Morgan fingerprint density at radius 3 is 1.87 bits per heavy atom. The van der Waals surface area contributed by atoms with Gasteiger partial charge in [-0.2, -0.15) is 0 Å². The average Bonchev–Trinajstić information content (AvgIpc) is 3.88. The van der Waals surface area contributed by atoms with E-state index in [0.717, 1.165) is 0 Å². The summed E-state index contributed by atoms with van der Waals surface area (Å²) in [5.41, 5.74) is 9.83. The standard InChI is InChI=1S/C50H30N2S/c1-2-14-33-28-35(26-24-31(33)12-1)51-44-20-8-5-17-37(44)41-29-34(25-27-46(41)51)40-30-42-38-18-6-9-21-45(38)52(43-22-11-15-32-13-3-4-16-36(32)43)49(42)48-39-19-7-10-23-47(39)53-50(40)48/h1-30H. The Morgan fingerprint density at radius 2 is 1.02 bits per heavy atom. The topological polar surface area (TPSA) is 9.86 Å². The second-order valence-electron chi connectivity index (χ2n) is 14.1. The molecule has 246 valence electrons. The molecule has 0 aliphatic heterocycles. The summed E-state index contributed by atoms with van der Waals surface area (Å²) in [5.74, 6) is 0. The zero-order valence-electron chi connectivity index (χ0n) is 28.6. The van der Waals surface area contributed by atoms with Crippen molar-refractivity contribution in [2.45, 2.75) is 0 Å². The van der Waals surface area contributed by atoms with Crippen molar-refractivity contribution in [1.82, 2.24) is 9.13 Å². The van der Waals surface area contributed by atoms with Crippen LogP contribution in [0.4, 0.5) is 0 Å². The van der Waals surface area contributed by atoms with Crippen molar-refractivity contribution in [1.29, 1.82) is 0 Å². The van der Waals surface area contributed by atoms with Crippen molar-refractivity contribution in [3.63, 3.8) is 0 Å². The zero-order chi connectivity index (χ0) is 34.6. The molecule has 0 bridgehead atoms. The number of rotatable bonds is 3. The molecule has 53 heavy (non-hydrogen) atoms. The van der Waals surface area contributed by atoms with Crippen LogP contribution >= 0.6 is 11.3 Å². The highest BCUT2D eigenvalue weighted by molar-refractivity contribution is 7.26. The molecule has 2 nitrogen and oxygen atoms in total. The zero-order valence-corrected chi connectivity index (χ0v) is 29.4. The number of aromatic nitrogens is 2. The van der Waals surface area contributed by atoms with Gasteiger partial charge in [-0.1, -0.05) is 127 Å². The van der Waals surface area contributed by atoms with E-state index in [0.29, 0.717) is 0 Å². The Labute approximate surface area is 309 Å². The molecule has 0 radical (unpaired) electrons. The predicted octanol–water partition coefficient (Wildman–Crippen LogP) is 14.2. The van der Waals surface area contributed by atoms with Crippen molar-refractivity contribution in [2.75, 3.05) is 0 Å². The van der Waals surface area contributed by atoms with Gasteiger partial charge < -0.3 is 9.13 Å². The van der Waals surface area contributed by atoms with Gasteiger partial charge in [0.2, 0.25) is 0 Å². The lowest BCUT2D eigenvalue weighted by Crippen LogP contribution is -1.96. The summed E-state index contributed by atoms with van der Waals surface area (Å²) in [7, 11) is 0. The largest absolute Gasteiger partial charge is 0.309 e. The Bertz CT molecular complexity index is 3460. The van der Waals surface area contributed by atoms with Gasteiger partial charge in [0.25, 0.3) is 0 Å². The van der Waals surface area contributed by atoms with Gasteiger partial charge in [0, 0.05) is 58.4 Å². The Kier molecular flexibility index (Phi) is 5.96. The van der Waals surface area contributed by atoms with E-state index in [1.165, 1.54) is 108 Å². The fraction of sp³-hybridized carbons (Fsp3) is 0. The molecule has 0 N–H and O–H groups in total. The Morgan fingerprint density at radius 1 is 0.377 bits per heavy atom. The molecule has 0 atom stereocenters. The monoisotopic (exact) mass is 690 g/mol. The van der Waals surface area contributed by atoms with Gasteiger partial charge in [-0.3, -0.25) is 0 Å². The normalized spacial score (nSPS) is 12.2. The summed E-state index contributed by atoms with van der Waals surface area (Å²) in [6.07, 6.45) is 0. The van der Waals surface area contributed by atoms with Gasteiger partial charge >= 0.3 is 0 Å². The van der Waals surface area contributed by atoms with E-state index in [9.17, 15) is 0 Å². The van der Waals surface area contributed by atoms with Gasteiger partial charge in [-0.05, 0) is 76.3 Å². The van der Waals surface area contributed by atoms with Crippen LogP contribution in [-0.2, 0) is 0 Å². The number of nitrogens with zero attached hydrogens (tertiary/aromatic N) is 2. The molecule has 0 spiro atoms. The first-order chi connectivity index (χ1) is 26.3. The van der Waals surface area contributed by atoms with E-state index in [1.807, 2.05) is 11.3 Å². The van der Waals surface area contributed by atoms with Gasteiger partial charge in [-0.25, -0.2) is 0 Å². The van der Waals surface area contributed by atoms with Crippen LogP contribution in [0.5, 0.6) is 0 Å². The highest BCUT2D eigenvalue weighted by atomic mass is 32.1. The van der Waals surface area contributed by atoms with Gasteiger partial charge in [0.15, 0.2) is 0 Å². The first-order valence-corrected chi connectivity index (χ1v) is 19.0. The molecular weight excluding hydrogens is 661 g/mol. The molecule has 0 unspecified atom stereocenters. The summed E-state index contributed by atoms with van der Waals surface area (Å²) >= 11 is 1.91. The van der Waals surface area contributed by atoms with E-state index in [-0.39, 0.29) is 0 Å². The van der Waals surface area contributed by atoms with Crippen molar-refractivity contribution in [3.8, 4) is 22.5 Å². The maximum atomic E-state index is 2.53. The predicted molar refractivity (Wildman–Crippen MR) is 228 cm³/mol. The second kappa shape index (κ2) is 10.9. The third-order valence-corrected chi connectivity index (χ3v) is 12.5. The van der Waals surface area contributed by atoms with Crippen LogP contribution in [0.15, 0.2) is 182 Å². The summed E-state index contributed by atoms with van der Waals surface area (Å²) in [6.45, 7) is 0. The molecular formula is C50H30N2S. The van der Waals surface area contributed by atoms with Crippen LogP contribution < -0.4 is 0 Å². The van der Waals surface area contributed by atoms with Crippen molar-refractivity contribution >= 4 is 96.7 Å². The number of hydrogen-bond donors (Lipinski definition) is 0. The first-order valence-electron chi connectivity index (χ1n) is 18.2. The summed E-state index contributed by atoms with van der Waals surface area (Å²) < 4.78 is 7.58. The minimum absolute atomic E-state index is 1.18. The average molecular weight is 691 g/mol. The van der Waals surface area contributed by atoms with Crippen LogP contribution in [0.3, 0.4) is 0 Å². The smallest absolute Gasteiger partial charge is 0.0634 e. The fourth-order valence-corrected chi connectivity index (χ4v) is 10.2. The Hall–Kier alpha value is -6.68. The Balaban J connectivity index is 1.19. The number of para-hydroxylation sites is 2. The lowest BCUT2D eigenvalue weighted by atomic mass is 9.97. The third kappa shape index (κ3) is 4.08. The highest BCUT2D eigenvalue weighted by Gasteiger charge is 2.23. The van der Waals surface area contributed by atoms with Crippen LogP contribution in [0.2, 0.25) is 0 Å². The minimum Gasteiger partial charge on any atom is -0.309 e. The molecule has 12 rings (SSSR count). The van der Waals surface area contributed by atoms with E-state index in [1.54, 1.807) is 0 Å². The molecule has 0 amide bonds. The quantitative estimate of drug-likeness (QED) is 0.175. The van der Waals surface area contributed by atoms with Crippen LogP contribution in [0.1, 0.15) is 0 Å². The summed E-state index contributed by atoms with van der Waals surface area (Å²) in [6, 6.07) is 67.2. The molecule has 0 saturated carbocycles. The highest BCUT2D eigenvalue weighted by Crippen LogP contribution is 2.48. The molecule has 0 saturated heterocycles. The first kappa shape index (κ1) is 29.0. The molecule has 3 aromatic heterocycles. The van der Waals surface area contributed by atoms with Gasteiger partial charge in [0.1, 0.15) is 0 Å². The van der Waals surface area contributed by atoms with E-state index < -0.39 is 0 Å². The van der Waals surface area contributed by atoms with Crippen molar-refractivity contribution in [3.05, 3.63) is 182 Å². The minimum atomic E-state index is 1.18. The third-order valence-electron chi connectivity index (χ3n) is 11.3. The van der Waals surface area contributed by atoms with Crippen LogP contribution in [-0.4, -0.2) is 9.13 Å². The van der Waals surface area contributed by atoms with Gasteiger partial charge in [-0.15, -0.1) is 11.3 Å². The van der Waals surface area contributed by atoms with Crippen molar-refractivity contribution in [2.24, 2.45) is 0 Å². The maximum absolute atomic E-state index is 2.53. The molecule has 0 fully saturated rings. The van der Waals surface area contributed by atoms with E-state index >= 15 is 0 Å². The number of thiophene rings is 1. The van der Waals surface area contributed by atoms with E-state index in [4.69, 9.17) is 0 Å². The van der Waals surface area contributed by atoms with E-state index in [2.05, 4.69) is 191 Å². The second-order valence-corrected chi connectivity index (χ2v) is 15.1. The van der Waals surface area contributed by atoms with Gasteiger partial charge in [0.05, 0.1) is 27.8 Å². The molecule has 0 aliphatic carbocycles. The number of fused-ring (bicyclic) bond motifs is 12. The SMILES string of the molecule is c1ccc2cc(-n3c4ccccc4c4cc(-c5cc6c7ccccc7n(-c7cccc8ccccc78)c6c6c5sc5ccccc56)ccc43)ccc2c1. The molecule has 12 aromatic rings. The number of hydrogen-bond acceptors (Lipinski definition) is 1. The number of benzene rings is 9. The summed E-state index contributed by atoms with van der Waals surface area (Å²) in [4.78, 5) is 0. The maximum Gasteiger partial charge on any atom is 0.0634 e. The van der Waals surface area contributed by atoms with Crippen LogP contribution in [0, 0.1) is 0 Å².